The molecule has 12 atom stereocenters. The zero-order valence-corrected chi connectivity index (χ0v) is 61.7. The van der Waals surface area contributed by atoms with Crippen LogP contribution < -0.4 is 0 Å². The fourth-order valence-corrected chi connectivity index (χ4v) is 146. The average Bonchev–Trinajstić information content (AvgIpc) is 1.53. The molecular formula is C82H88Cl2O4Si2Zr. The van der Waals surface area contributed by atoms with Crippen LogP contribution in [0.5, 0.6) is 0 Å². The summed E-state index contributed by atoms with van der Waals surface area (Å²) in [6.07, 6.45) is 48.9. The van der Waals surface area contributed by atoms with Gasteiger partial charge >= 0.3 is 554 Å². The summed E-state index contributed by atoms with van der Waals surface area (Å²) in [5.41, 5.74) is 25.7. The van der Waals surface area contributed by atoms with E-state index in [1.54, 1.807) is 28.4 Å². The van der Waals surface area contributed by atoms with Crippen molar-refractivity contribution in [2.75, 3.05) is 28.4 Å². The Balaban J connectivity index is 1.15. The molecule has 0 saturated carbocycles. The molecule has 14 rings (SSSR count). The molecule has 2 saturated heterocycles. The molecule has 12 unspecified atom stereocenters. The summed E-state index contributed by atoms with van der Waals surface area (Å²) in [6.45, 7) is 24.0. The number of halogens is 2. The number of fused-ring (bicyclic) bond motifs is 8. The van der Waals surface area contributed by atoms with E-state index >= 15 is 0 Å². The van der Waals surface area contributed by atoms with E-state index in [2.05, 4.69) is 287 Å². The Morgan fingerprint density at radius 3 is 0.725 bits per heavy atom. The van der Waals surface area contributed by atoms with Crippen LogP contribution in [0.1, 0.15) is 148 Å². The van der Waals surface area contributed by atoms with Gasteiger partial charge in [0.1, 0.15) is 0 Å². The number of hydrogen-bond donors (Lipinski definition) is 0. The van der Waals surface area contributed by atoms with Crippen molar-refractivity contribution in [3.05, 3.63) is 330 Å². The summed E-state index contributed by atoms with van der Waals surface area (Å²) in [6, 6.07) is 36.8. The van der Waals surface area contributed by atoms with Crippen molar-refractivity contribution in [3.63, 3.8) is 0 Å². The Kier molecular flexibility index (Phi) is 15.2. The Labute approximate surface area is 549 Å². The van der Waals surface area contributed by atoms with Gasteiger partial charge in [-0.25, -0.2) is 0 Å². The quantitative estimate of drug-likeness (QED) is 0.133. The fraction of sp³-hybridized carbons (Fsp3) is 0.317. The van der Waals surface area contributed by atoms with Gasteiger partial charge in [-0.1, -0.05) is 0 Å². The van der Waals surface area contributed by atoms with Crippen molar-refractivity contribution in [1.29, 1.82) is 0 Å². The van der Waals surface area contributed by atoms with Crippen molar-refractivity contribution in [2.45, 2.75) is 128 Å². The van der Waals surface area contributed by atoms with E-state index in [1.807, 2.05) is 0 Å². The van der Waals surface area contributed by atoms with Crippen molar-refractivity contribution >= 4 is 34.6 Å². The number of benzene rings is 4. The van der Waals surface area contributed by atoms with E-state index in [9.17, 15) is 17.0 Å². The SMILES string of the molecule is COC(C)c1ccc(C2C=CC=CC3=C2C=C(C)[C]32[SiH](C)[C]3(C(C)=CC4=C3C=CC=CC4c3ccc(C(C)OC)cc3)[Zr]23([Cl])([Cl])[C]2(C(C)=CC4=C2C=CC=CC4c2ccc(C(C)OC)cc2)[SiH](C)[C]32C(C)=CC3=C2C=CC=CC3c2ccc(C(C)OC)cc2)cc1. The molecule has 2 aliphatic heterocycles. The molecule has 5 spiro atoms. The van der Waals surface area contributed by atoms with E-state index in [0.717, 1.165) is 22.3 Å². The summed E-state index contributed by atoms with van der Waals surface area (Å²) >= 11 is -7.64. The van der Waals surface area contributed by atoms with Gasteiger partial charge in [-0.05, 0) is 0 Å². The van der Waals surface area contributed by atoms with Crippen LogP contribution in [-0.4, -0.2) is 46.0 Å². The van der Waals surface area contributed by atoms with Gasteiger partial charge < -0.3 is 0 Å². The second-order valence-corrected chi connectivity index (χ2v) is 68.0. The number of methoxy groups -OCH3 is 4. The second-order valence-electron chi connectivity index (χ2n) is 28.1. The Morgan fingerprint density at radius 1 is 0.341 bits per heavy atom. The first-order valence-corrected chi connectivity index (χ1v) is 49.0. The van der Waals surface area contributed by atoms with E-state index in [-0.39, 0.29) is 48.1 Å². The molecule has 4 nitrogen and oxygen atoms in total. The molecule has 0 bridgehead atoms. The van der Waals surface area contributed by atoms with Gasteiger partial charge in [-0.3, -0.25) is 0 Å². The average molecular weight is 1360 g/mol. The topological polar surface area (TPSA) is 36.9 Å². The second kappa shape index (κ2) is 22.0. The molecular weight excluding hydrogens is 1270 g/mol. The van der Waals surface area contributed by atoms with Gasteiger partial charge in [0, 0.05) is 0 Å². The molecule has 2 fully saturated rings. The summed E-state index contributed by atoms with van der Waals surface area (Å²) in [7, 11) is 24.9. The standard InChI is InChI=1S/2C41H44O2Si.2ClH.Zr/c2*1-26-24-38-34(32-20-16-30(17-21-32)28(3)42-5)12-8-10-14-36(38)40(26)44(7)41-27(2)25-39-35(13-9-11-15-37(39)41)33-22-18-31(19-23-33)29(4)43-6;;;/h2*8-25,28-29,34-35,44H,1-7H3;2*1H;/q;;;;+2/p-2. The van der Waals surface area contributed by atoms with E-state index < -0.39 is 43.5 Å². The maximum absolute atomic E-state index is 11.4. The molecule has 4 aromatic rings. The summed E-state index contributed by atoms with van der Waals surface area (Å²) in [5, 5.41) is 0. The molecule has 4 aromatic carbocycles. The van der Waals surface area contributed by atoms with Gasteiger partial charge in [0.15, 0.2) is 0 Å². The molecule has 0 amide bonds. The van der Waals surface area contributed by atoms with Crippen LogP contribution in [0, 0.1) is 0 Å². The van der Waals surface area contributed by atoms with Crippen molar-refractivity contribution in [1.82, 2.24) is 0 Å². The normalized spacial score (nSPS) is 33.4. The fourth-order valence-electron chi connectivity index (χ4n) is 22.3. The molecule has 9 heteroatoms. The number of ether oxygens (including phenoxy) is 4. The van der Waals surface area contributed by atoms with Gasteiger partial charge in [0.25, 0.3) is 0 Å². The zero-order valence-electron chi connectivity index (χ0n) is 55.4. The molecule has 91 heavy (non-hydrogen) atoms. The molecule has 0 aromatic heterocycles. The Morgan fingerprint density at radius 2 is 0.538 bits per heavy atom. The first-order valence-electron chi connectivity index (χ1n) is 33.1. The molecule has 0 N–H and O–H groups in total. The van der Waals surface area contributed by atoms with Crippen molar-refractivity contribution < 1.29 is 33.9 Å². The summed E-state index contributed by atoms with van der Waals surface area (Å²) in [5.74, 6) is -0.246. The maximum atomic E-state index is 11.4. The monoisotopic (exact) mass is 1350 g/mol. The molecule has 466 valence electrons. The van der Waals surface area contributed by atoms with Crippen LogP contribution in [0.2, 0.25) is 24.1 Å². The zero-order chi connectivity index (χ0) is 64.0. The van der Waals surface area contributed by atoms with E-state index in [1.165, 1.54) is 89.1 Å². The minimum atomic E-state index is -7.64. The third-order valence-corrected chi connectivity index (χ3v) is 111. The Bertz CT molecular complexity index is 3750. The Hall–Kier alpha value is -5.54. The first kappa shape index (κ1) is 62.9. The van der Waals surface area contributed by atoms with Crippen LogP contribution in [0.15, 0.2) is 285 Å². The van der Waals surface area contributed by atoms with Crippen LogP contribution in [0.3, 0.4) is 0 Å². The van der Waals surface area contributed by atoms with Crippen molar-refractivity contribution in [2.24, 2.45) is 0 Å². The van der Waals surface area contributed by atoms with Crippen LogP contribution >= 0.6 is 17.0 Å². The number of allylic oxidation sites excluding steroid dienone is 32. The van der Waals surface area contributed by atoms with Crippen LogP contribution in [0.4, 0.5) is 0 Å². The van der Waals surface area contributed by atoms with Crippen LogP contribution in [-0.2, 0) is 33.9 Å². The van der Waals surface area contributed by atoms with Crippen molar-refractivity contribution in [3.8, 4) is 0 Å². The molecule has 2 heterocycles. The molecule has 8 aliphatic carbocycles. The summed E-state index contributed by atoms with van der Waals surface area (Å²) < 4.78 is 20.6. The van der Waals surface area contributed by atoms with Gasteiger partial charge in [-0.2, -0.15) is 0 Å². The molecule has 0 radical (unpaired) electrons. The van der Waals surface area contributed by atoms with E-state index in [4.69, 9.17) is 18.9 Å². The number of rotatable bonds is 12. The van der Waals surface area contributed by atoms with Gasteiger partial charge in [0.05, 0.1) is 0 Å². The van der Waals surface area contributed by atoms with Gasteiger partial charge in [-0.15, -0.1) is 0 Å². The predicted octanol–water partition coefficient (Wildman–Crippen LogP) is 21.5. The number of hydrogen-bond acceptors (Lipinski definition) is 4. The predicted molar refractivity (Wildman–Crippen MR) is 383 cm³/mol. The third-order valence-electron chi connectivity index (χ3n) is 25.6. The summed E-state index contributed by atoms with van der Waals surface area (Å²) in [4.78, 5) is 0. The van der Waals surface area contributed by atoms with E-state index in [0.29, 0.717) is 0 Å². The minimum absolute atomic E-state index is 0.0292. The first-order chi connectivity index (χ1) is 43.7. The van der Waals surface area contributed by atoms with Crippen LogP contribution in [0.25, 0.3) is 0 Å². The third kappa shape index (κ3) is 7.20. The van der Waals surface area contributed by atoms with Gasteiger partial charge in [0.2, 0.25) is 0 Å². The molecule has 10 aliphatic rings.